The minimum Gasteiger partial charge on any atom is -0.454 e. The Morgan fingerprint density at radius 2 is 1.76 bits per heavy atom. The Hall–Kier alpha value is -3.88. The van der Waals surface area contributed by atoms with Gasteiger partial charge in [-0.05, 0) is 36.4 Å². The molecular formula is C20H19N3O6. The van der Waals surface area contributed by atoms with Gasteiger partial charge in [-0.1, -0.05) is 12.1 Å². The molecule has 0 atom stereocenters. The molecule has 9 nitrogen and oxygen atoms in total. The summed E-state index contributed by atoms with van der Waals surface area (Å²) in [7, 11) is 3.29. The van der Waals surface area contributed by atoms with Crippen molar-refractivity contribution in [3.05, 3.63) is 64.6 Å². The van der Waals surface area contributed by atoms with Crippen LogP contribution in [0.2, 0.25) is 0 Å². The zero-order chi connectivity index (χ0) is 21.0. The molecule has 1 N–H and O–H groups in total. The van der Waals surface area contributed by atoms with Crippen molar-refractivity contribution in [3.8, 4) is 0 Å². The minimum absolute atomic E-state index is 0.154. The van der Waals surface area contributed by atoms with E-state index in [0.29, 0.717) is 22.4 Å². The van der Waals surface area contributed by atoms with Gasteiger partial charge in [-0.2, -0.15) is 0 Å². The van der Waals surface area contributed by atoms with Gasteiger partial charge >= 0.3 is 11.7 Å². The molecule has 0 bridgehead atoms. The van der Waals surface area contributed by atoms with Crippen LogP contribution in [-0.4, -0.2) is 48.0 Å². The van der Waals surface area contributed by atoms with Gasteiger partial charge in [-0.25, -0.2) is 4.79 Å². The molecule has 0 unspecified atom stereocenters. The Labute approximate surface area is 165 Å². The van der Waals surface area contributed by atoms with E-state index in [1.54, 1.807) is 62.6 Å². The third-order valence-corrected chi connectivity index (χ3v) is 4.05. The molecule has 0 aliphatic heterocycles. The number of aromatic nitrogens is 1. The van der Waals surface area contributed by atoms with Crippen molar-refractivity contribution >= 4 is 34.6 Å². The summed E-state index contributed by atoms with van der Waals surface area (Å²) in [6.45, 7) is -0.883. The van der Waals surface area contributed by atoms with Gasteiger partial charge in [-0.3, -0.25) is 19.0 Å². The molecule has 0 aliphatic rings. The average Bonchev–Trinajstić information content (AvgIpc) is 3.01. The molecule has 0 saturated carbocycles. The Morgan fingerprint density at radius 1 is 1.07 bits per heavy atom. The van der Waals surface area contributed by atoms with Gasteiger partial charge in [0.1, 0.15) is 6.54 Å². The summed E-state index contributed by atoms with van der Waals surface area (Å²) in [5, 5.41) is 2.56. The van der Waals surface area contributed by atoms with Crippen LogP contribution < -0.4 is 11.1 Å². The second-order valence-electron chi connectivity index (χ2n) is 6.41. The summed E-state index contributed by atoms with van der Waals surface area (Å²) >= 11 is 0. The molecular weight excluding hydrogens is 378 g/mol. The molecule has 0 aliphatic carbocycles. The second-order valence-corrected chi connectivity index (χ2v) is 6.41. The second kappa shape index (κ2) is 8.42. The highest BCUT2D eigenvalue weighted by atomic mass is 16.5. The third kappa shape index (κ3) is 4.70. The van der Waals surface area contributed by atoms with Crippen molar-refractivity contribution < 1.29 is 23.5 Å². The van der Waals surface area contributed by atoms with Gasteiger partial charge in [-0.15, -0.1) is 0 Å². The van der Waals surface area contributed by atoms with Gasteiger partial charge in [0.05, 0.1) is 5.52 Å². The number of nitrogens with zero attached hydrogens (tertiary/aromatic N) is 2. The van der Waals surface area contributed by atoms with Gasteiger partial charge in [0.15, 0.2) is 12.2 Å². The maximum absolute atomic E-state index is 12.0. The Morgan fingerprint density at radius 3 is 2.45 bits per heavy atom. The normalized spacial score (nSPS) is 10.6. The smallest absolute Gasteiger partial charge is 0.420 e. The van der Waals surface area contributed by atoms with Crippen LogP contribution >= 0.6 is 0 Å². The van der Waals surface area contributed by atoms with E-state index in [1.165, 1.54) is 4.90 Å². The number of ether oxygens (including phenoxy) is 1. The molecule has 0 fully saturated rings. The van der Waals surface area contributed by atoms with E-state index < -0.39 is 24.2 Å². The van der Waals surface area contributed by atoms with Crippen LogP contribution in [-0.2, 0) is 20.9 Å². The Balaban J connectivity index is 1.54. The Bertz CT molecular complexity index is 1110. The first-order chi connectivity index (χ1) is 13.8. The van der Waals surface area contributed by atoms with Gasteiger partial charge in [0.25, 0.3) is 11.8 Å². The van der Waals surface area contributed by atoms with Crippen LogP contribution in [0.3, 0.4) is 0 Å². The van der Waals surface area contributed by atoms with Crippen molar-refractivity contribution in [2.75, 3.05) is 26.0 Å². The van der Waals surface area contributed by atoms with Gasteiger partial charge < -0.3 is 19.4 Å². The fourth-order valence-corrected chi connectivity index (χ4v) is 2.64. The quantitative estimate of drug-likeness (QED) is 0.631. The molecule has 2 amide bonds. The van der Waals surface area contributed by atoms with Crippen LogP contribution in [0.5, 0.6) is 0 Å². The standard InChI is InChI=1S/C20H19N3O6/c1-22(2)19(26)13-7-9-14(10-8-13)21-17(24)12-28-18(25)11-23-15-5-3-4-6-16(15)29-20(23)27/h3-10H,11-12H2,1-2H3,(H,21,24). The number of carbonyl (C=O) groups excluding carboxylic acids is 3. The molecule has 0 radical (unpaired) electrons. The van der Waals surface area contributed by atoms with Crippen LogP contribution in [0.1, 0.15) is 10.4 Å². The lowest BCUT2D eigenvalue weighted by molar-refractivity contribution is -0.147. The van der Waals surface area contributed by atoms with Crippen LogP contribution in [0, 0.1) is 0 Å². The highest BCUT2D eigenvalue weighted by molar-refractivity contribution is 5.96. The van der Waals surface area contributed by atoms with Crippen molar-refractivity contribution in [1.29, 1.82) is 0 Å². The van der Waals surface area contributed by atoms with Crippen molar-refractivity contribution in [2.24, 2.45) is 0 Å². The Kier molecular flexibility index (Phi) is 5.77. The van der Waals surface area contributed by atoms with Crippen LogP contribution in [0.15, 0.2) is 57.7 Å². The predicted molar refractivity (Wildman–Crippen MR) is 105 cm³/mol. The number of rotatable bonds is 6. The highest BCUT2D eigenvalue weighted by Gasteiger charge is 2.15. The summed E-state index contributed by atoms with van der Waals surface area (Å²) in [5.41, 5.74) is 1.76. The van der Waals surface area contributed by atoms with E-state index in [9.17, 15) is 19.2 Å². The van der Waals surface area contributed by atoms with Gasteiger partial charge in [0.2, 0.25) is 0 Å². The lowest BCUT2D eigenvalue weighted by Crippen LogP contribution is -2.26. The average molecular weight is 397 g/mol. The highest BCUT2D eigenvalue weighted by Crippen LogP contribution is 2.12. The van der Waals surface area contributed by atoms with E-state index in [-0.39, 0.29) is 12.5 Å². The number of esters is 1. The van der Waals surface area contributed by atoms with E-state index in [2.05, 4.69) is 5.32 Å². The molecule has 1 aromatic heterocycles. The first kappa shape index (κ1) is 19.9. The van der Waals surface area contributed by atoms with E-state index in [0.717, 1.165) is 4.57 Å². The number of para-hydroxylation sites is 2. The number of amides is 2. The molecule has 0 spiro atoms. The lowest BCUT2D eigenvalue weighted by atomic mass is 10.2. The molecule has 3 aromatic rings. The SMILES string of the molecule is CN(C)C(=O)c1ccc(NC(=O)COC(=O)Cn2c(=O)oc3ccccc32)cc1. The van der Waals surface area contributed by atoms with Crippen molar-refractivity contribution in [1.82, 2.24) is 9.47 Å². The first-order valence-electron chi connectivity index (χ1n) is 8.70. The molecule has 0 saturated heterocycles. The maximum Gasteiger partial charge on any atom is 0.420 e. The minimum atomic E-state index is -0.749. The summed E-state index contributed by atoms with van der Waals surface area (Å²) in [6, 6.07) is 13.0. The van der Waals surface area contributed by atoms with Crippen LogP contribution in [0.25, 0.3) is 11.1 Å². The topological polar surface area (TPSA) is 111 Å². The summed E-state index contributed by atoms with van der Waals surface area (Å²) in [6.07, 6.45) is 0. The zero-order valence-corrected chi connectivity index (χ0v) is 15.9. The fraction of sp³-hybridized carbons (Fsp3) is 0.200. The van der Waals surface area contributed by atoms with E-state index >= 15 is 0 Å². The molecule has 9 heteroatoms. The third-order valence-electron chi connectivity index (χ3n) is 4.05. The number of fused-ring (bicyclic) bond motifs is 1. The van der Waals surface area contributed by atoms with E-state index in [1.807, 2.05) is 0 Å². The maximum atomic E-state index is 12.0. The molecule has 3 rings (SSSR count). The fourth-order valence-electron chi connectivity index (χ4n) is 2.64. The van der Waals surface area contributed by atoms with Crippen LogP contribution in [0.4, 0.5) is 5.69 Å². The summed E-state index contributed by atoms with van der Waals surface area (Å²) < 4.78 is 11.1. The molecule has 150 valence electrons. The van der Waals surface area contributed by atoms with E-state index in [4.69, 9.17) is 9.15 Å². The molecule has 2 aromatic carbocycles. The van der Waals surface area contributed by atoms with Gasteiger partial charge in [0, 0.05) is 25.3 Å². The largest absolute Gasteiger partial charge is 0.454 e. The predicted octanol–water partition coefficient (Wildman–Crippen LogP) is 1.48. The molecule has 1 heterocycles. The number of benzene rings is 2. The monoisotopic (exact) mass is 397 g/mol. The summed E-state index contributed by atoms with van der Waals surface area (Å²) in [4.78, 5) is 49.1. The first-order valence-corrected chi connectivity index (χ1v) is 8.70. The molecule has 29 heavy (non-hydrogen) atoms. The number of hydrogen-bond donors (Lipinski definition) is 1. The summed E-state index contributed by atoms with van der Waals surface area (Å²) in [5.74, 6) is -2.13. The number of carbonyl (C=O) groups is 3. The number of anilines is 1. The lowest BCUT2D eigenvalue weighted by Gasteiger charge is -2.11. The number of oxazole rings is 1. The zero-order valence-electron chi connectivity index (χ0n) is 15.9. The van der Waals surface area contributed by atoms with Crippen molar-refractivity contribution in [2.45, 2.75) is 6.54 Å². The number of hydrogen-bond acceptors (Lipinski definition) is 6. The van der Waals surface area contributed by atoms with Crippen molar-refractivity contribution in [3.63, 3.8) is 0 Å². The number of nitrogens with one attached hydrogen (secondary N) is 1.